The van der Waals surface area contributed by atoms with Gasteiger partial charge in [0.25, 0.3) is 0 Å². The second kappa shape index (κ2) is 11.1. The lowest BCUT2D eigenvalue weighted by molar-refractivity contribution is 0.519. The van der Waals surface area contributed by atoms with Gasteiger partial charge in [-0.3, -0.25) is 0 Å². The van der Waals surface area contributed by atoms with E-state index in [0.717, 1.165) is 5.57 Å². The Hall–Kier alpha value is -1.56. The first-order valence-electron chi connectivity index (χ1n) is 7.53. The van der Waals surface area contributed by atoms with Gasteiger partial charge in [-0.15, -0.1) is 0 Å². The zero-order chi connectivity index (χ0) is 17.1. The molecule has 0 aliphatic heterocycles. The lowest BCUT2D eigenvalue weighted by atomic mass is 9.88. The topological polar surface area (TPSA) is 0 Å². The van der Waals surface area contributed by atoms with Crippen LogP contribution in [-0.2, 0) is 0 Å². The molecule has 0 radical (unpaired) electrons. The molecule has 21 heavy (non-hydrogen) atoms. The van der Waals surface area contributed by atoms with Crippen LogP contribution in [0.1, 0.15) is 51.3 Å². The summed E-state index contributed by atoms with van der Waals surface area (Å²) in [6.07, 6.45) is 5.81. The first-order valence-corrected chi connectivity index (χ1v) is 7.53. The number of allylic oxidation sites excluding steroid dienone is 4. The normalized spacial score (nSPS) is 10.1. The second-order valence-electron chi connectivity index (χ2n) is 6.23. The maximum Gasteiger partial charge on any atom is -0.0138 e. The van der Waals surface area contributed by atoms with Gasteiger partial charge < -0.3 is 0 Å². The molecule has 0 amide bonds. The zero-order valence-corrected chi connectivity index (χ0v) is 15.4. The molecule has 0 aromatic heterocycles. The van der Waals surface area contributed by atoms with Crippen molar-refractivity contribution >= 4 is 0 Å². The molecule has 0 aliphatic rings. The molecule has 0 saturated carbocycles. The Kier molecular flexibility index (Phi) is 11.5. The molecule has 0 spiro atoms. The van der Waals surface area contributed by atoms with E-state index < -0.39 is 0 Å². The van der Waals surface area contributed by atoms with Crippen LogP contribution in [0.25, 0.3) is 0 Å². The molecule has 118 valence electrons. The predicted octanol–water partition coefficient (Wildman–Crippen LogP) is 6.97. The molecule has 1 aromatic carbocycles. The molecule has 0 atom stereocenters. The molecule has 0 bridgehead atoms. The summed E-state index contributed by atoms with van der Waals surface area (Å²) in [6.45, 7) is 24.2. The first-order chi connectivity index (χ1) is 9.59. The Bertz CT molecular complexity index is 449. The van der Waals surface area contributed by atoms with Crippen LogP contribution in [-0.4, -0.2) is 0 Å². The van der Waals surface area contributed by atoms with E-state index in [1.54, 1.807) is 6.08 Å². The molecule has 1 aromatic rings. The predicted molar refractivity (Wildman–Crippen MR) is 99.9 cm³/mol. The molecular formula is C21H34. The van der Waals surface area contributed by atoms with Crippen LogP contribution in [0.4, 0.5) is 0 Å². The van der Waals surface area contributed by atoms with E-state index in [-0.39, 0.29) is 5.41 Å². The highest BCUT2D eigenvalue weighted by Gasteiger charge is 2.10. The van der Waals surface area contributed by atoms with Gasteiger partial charge in [0, 0.05) is 0 Å². The summed E-state index contributed by atoms with van der Waals surface area (Å²) in [5, 5.41) is 0. The van der Waals surface area contributed by atoms with Gasteiger partial charge in [0.1, 0.15) is 0 Å². The molecule has 0 N–H and O–H groups in total. The van der Waals surface area contributed by atoms with Gasteiger partial charge in [-0.25, -0.2) is 0 Å². The summed E-state index contributed by atoms with van der Waals surface area (Å²) in [4.78, 5) is 0. The fourth-order valence-electron chi connectivity index (χ4n) is 1.20. The molecule has 0 unspecified atom stereocenters. The number of rotatable bonds is 1. The third kappa shape index (κ3) is 11.9. The van der Waals surface area contributed by atoms with Gasteiger partial charge in [-0.2, -0.15) is 0 Å². The first kappa shape index (κ1) is 21.7. The van der Waals surface area contributed by atoms with Crippen LogP contribution in [0.15, 0.2) is 55.2 Å². The Morgan fingerprint density at radius 2 is 1.43 bits per heavy atom. The fraction of sp³-hybridized carbons (Fsp3) is 0.429. The molecule has 0 nitrogen and oxygen atoms in total. The maximum atomic E-state index is 3.83. The summed E-state index contributed by atoms with van der Waals surface area (Å²) in [7, 11) is 0. The van der Waals surface area contributed by atoms with E-state index in [4.69, 9.17) is 0 Å². The Labute approximate surface area is 133 Å². The molecule has 0 heteroatoms. The number of aryl methyl sites for hydroxylation is 3. The van der Waals surface area contributed by atoms with Crippen LogP contribution in [0, 0.1) is 26.2 Å². The summed E-state index contributed by atoms with van der Waals surface area (Å²) >= 11 is 0. The molecule has 0 fully saturated rings. The number of hydrogen-bond donors (Lipinski definition) is 0. The van der Waals surface area contributed by atoms with E-state index >= 15 is 0 Å². The van der Waals surface area contributed by atoms with Gasteiger partial charge in [-0.1, -0.05) is 81.5 Å². The highest BCUT2D eigenvalue weighted by molar-refractivity contribution is 5.28. The van der Waals surface area contributed by atoms with Crippen molar-refractivity contribution in [2.75, 3.05) is 0 Å². The van der Waals surface area contributed by atoms with E-state index in [2.05, 4.69) is 72.9 Å². The highest BCUT2D eigenvalue weighted by Crippen LogP contribution is 2.23. The van der Waals surface area contributed by atoms with E-state index in [1.165, 1.54) is 16.7 Å². The lowest BCUT2D eigenvalue weighted by Gasteiger charge is -2.17. The monoisotopic (exact) mass is 286 g/mol. The zero-order valence-electron chi connectivity index (χ0n) is 15.4. The van der Waals surface area contributed by atoms with Gasteiger partial charge >= 0.3 is 0 Å². The fourth-order valence-corrected chi connectivity index (χ4v) is 1.20. The van der Waals surface area contributed by atoms with Crippen LogP contribution < -0.4 is 0 Å². The average Bonchev–Trinajstić information content (AvgIpc) is 2.42. The minimum Gasteiger partial charge on any atom is -0.0988 e. The Morgan fingerprint density at radius 3 is 1.62 bits per heavy atom. The van der Waals surface area contributed by atoms with Crippen molar-refractivity contribution in [1.29, 1.82) is 0 Å². The molecule has 0 saturated heterocycles. The summed E-state index contributed by atoms with van der Waals surface area (Å²) < 4.78 is 0. The van der Waals surface area contributed by atoms with Crippen molar-refractivity contribution in [1.82, 2.24) is 0 Å². The van der Waals surface area contributed by atoms with Crippen LogP contribution in [0.5, 0.6) is 0 Å². The van der Waals surface area contributed by atoms with Crippen LogP contribution >= 0.6 is 0 Å². The van der Waals surface area contributed by atoms with Crippen molar-refractivity contribution < 1.29 is 0 Å². The highest BCUT2D eigenvalue weighted by atomic mass is 14.1. The standard InChI is InChI=1S/C9H12.C8H14.C4H8/c1-7-4-5-8(2)9(3)6-7;1-6-7(2)8(3,4)5;1-3-4-2/h4-6H,1-3H3;6H,1-2H2,3-5H3;3-4H,1-2H3/b;;4-3-. The van der Waals surface area contributed by atoms with Crippen molar-refractivity contribution in [2.24, 2.45) is 5.41 Å². The molecule has 0 aliphatic carbocycles. The third-order valence-electron chi connectivity index (χ3n) is 3.21. The minimum absolute atomic E-state index is 0.196. The summed E-state index contributed by atoms with van der Waals surface area (Å²) in [5.74, 6) is 0. The molecule has 0 heterocycles. The van der Waals surface area contributed by atoms with Gasteiger partial charge in [0.05, 0.1) is 0 Å². The molecule has 1 rings (SSSR count). The average molecular weight is 287 g/mol. The minimum atomic E-state index is 0.196. The smallest absolute Gasteiger partial charge is 0.0138 e. The van der Waals surface area contributed by atoms with Gasteiger partial charge in [-0.05, 0) is 51.2 Å². The van der Waals surface area contributed by atoms with Crippen molar-refractivity contribution in [3.63, 3.8) is 0 Å². The van der Waals surface area contributed by atoms with E-state index in [0.29, 0.717) is 0 Å². The SMILES string of the molecule is C/C=C\C.C=CC(=C)C(C)(C)C.Cc1ccc(C)c(C)c1. The number of hydrogen-bond acceptors (Lipinski definition) is 0. The van der Waals surface area contributed by atoms with Gasteiger partial charge in [0.2, 0.25) is 0 Å². The van der Waals surface area contributed by atoms with Crippen molar-refractivity contribution in [3.8, 4) is 0 Å². The maximum absolute atomic E-state index is 3.83. The van der Waals surface area contributed by atoms with Crippen LogP contribution in [0.2, 0.25) is 0 Å². The molecular weight excluding hydrogens is 252 g/mol. The van der Waals surface area contributed by atoms with E-state index in [1.807, 2.05) is 26.0 Å². The second-order valence-corrected chi connectivity index (χ2v) is 6.23. The van der Waals surface area contributed by atoms with E-state index in [9.17, 15) is 0 Å². The van der Waals surface area contributed by atoms with Gasteiger partial charge in [0.15, 0.2) is 0 Å². The summed E-state index contributed by atoms with van der Waals surface area (Å²) in [6, 6.07) is 6.50. The quantitative estimate of drug-likeness (QED) is 0.386. The lowest BCUT2D eigenvalue weighted by Crippen LogP contribution is -2.05. The number of benzene rings is 1. The largest absolute Gasteiger partial charge is 0.0988 e. The third-order valence-corrected chi connectivity index (χ3v) is 3.21. The Morgan fingerprint density at radius 1 is 0.952 bits per heavy atom. The summed E-state index contributed by atoms with van der Waals surface area (Å²) in [5.41, 5.74) is 5.40. The van der Waals surface area contributed by atoms with Crippen molar-refractivity contribution in [3.05, 3.63) is 71.8 Å². The van der Waals surface area contributed by atoms with Crippen LogP contribution in [0.3, 0.4) is 0 Å². The Balaban J connectivity index is 0. The van der Waals surface area contributed by atoms with Crippen molar-refractivity contribution in [2.45, 2.75) is 55.4 Å².